The van der Waals surface area contributed by atoms with Crippen LogP contribution in [0, 0.1) is 0 Å². The third-order valence-electron chi connectivity index (χ3n) is 5.36. The van der Waals surface area contributed by atoms with E-state index in [2.05, 4.69) is 45.7 Å². The first-order valence-electron chi connectivity index (χ1n) is 9.43. The maximum absolute atomic E-state index is 12.1. The molecule has 4 heteroatoms. The molecule has 2 aromatic carbocycles. The number of fused-ring (bicyclic) bond motifs is 1. The number of piperidine rings is 1. The molecule has 0 atom stereocenters. The number of hydrogen-bond donors (Lipinski definition) is 2. The van der Waals surface area contributed by atoms with E-state index in [-0.39, 0.29) is 5.91 Å². The molecule has 1 aliphatic heterocycles. The molecule has 0 radical (unpaired) electrons. The first-order valence-corrected chi connectivity index (χ1v) is 9.43. The van der Waals surface area contributed by atoms with Gasteiger partial charge in [0.15, 0.2) is 0 Å². The summed E-state index contributed by atoms with van der Waals surface area (Å²) in [6, 6.07) is 18.2. The zero-order valence-corrected chi connectivity index (χ0v) is 14.9. The molecule has 1 amide bonds. The molecule has 26 heavy (non-hydrogen) atoms. The van der Waals surface area contributed by atoms with Crippen LogP contribution < -0.4 is 5.32 Å². The predicted octanol–water partition coefficient (Wildman–Crippen LogP) is 4.38. The summed E-state index contributed by atoms with van der Waals surface area (Å²) in [5.74, 6) is 0.704. The van der Waals surface area contributed by atoms with Crippen molar-refractivity contribution in [3.8, 4) is 0 Å². The molecule has 134 valence electrons. The highest BCUT2D eigenvalue weighted by molar-refractivity contribution is 5.90. The van der Waals surface area contributed by atoms with E-state index < -0.39 is 0 Å². The molecule has 0 aliphatic carbocycles. The summed E-state index contributed by atoms with van der Waals surface area (Å²) in [5.41, 5.74) is 3.54. The molecule has 0 spiro atoms. The van der Waals surface area contributed by atoms with Crippen LogP contribution in [0.25, 0.3) is 10.9 Å². The number of rotatable bonds is 5. The van der Waals surface area contributed by atoms with Crippen LogP contribution in [0.3, 0.4) is 0 Å². The Bertz CT molecular complexity index is 863. The van der Waals surface area contributed by atoms with Crippen molar-refractivity contribution in [2.45, 2.75) is 25.2 Å². The van der Waals surface area contributed by atoms with Crippen LogP contribution in [0.2, 0.25) is 0 Å². The number of carbonyl (C=O) groups excluding carboxylic acids is 1. The van der Waals surface area contributed by atoms with Crippen molar-refractivity contribution in [2.75, 3.05) is 25.0 Å². The van der Waals surface area contributed by atoms with Gasteiger partial charge in [0.1, 0.15) is 0 Å². The number of carbonyl (C=O) groups is 1. The number of H-pyrrole nitrogens is 1. The fourth-order valence-corrected chi connectivity index (χ4v) is 3.90. The summed E-state index contributed by atoms with van der Waals surface area (Å²) in [7, 11) is 0. The summed E-state index contributed by atoms with van der Waals surface area (Å²) >= 11 is 0. The van der Waals surface area contributed by atoms with E-state index in [4.69, 9.17) is 0 Å². The molecule has 1 aromatic heterocycles. The van der Waals surface area contributed by atoms with Crippen LogP contribution in [0.15, 0.2) is 60.8 Å². The Hall–Kier alpha value is -2.59. The molecule has 3 aromatic rings. The predicted molar refractivity (Wildman–Crippen MR) is 106 cm³/mol. The molecular weight excluding hydrogens is 322 g/mol. The maximum atomic E-state index is 12.1. The van der Waals surface area contributed by atoms with Gasteiger partial charge in [-0.05, 0) is 55.6 Å². The van der Waals surface area contributed by atoms with Crippen molar-refractivity contribution in [1.29, 1.82) is 0 Å². The number of anilines is 1. The second kappa shape index (κ2) is 7.75. The van der Waals surface area contributed by atoms with E-state index in [0.717, 1.165) is 38.2 Å². The molecule has 1 aliphatic rings. The minimum absolute atomic E-state index is 0.0925. The van der Waals surface area contributed by atoms with E-state index >= 15 is 0 Å². The van der Waals surface area contributed by atoms with Crippen LogP contribution in [0.1, 0.15) is 30.7 Å². The maximum Gasteiger partial charge on any atom is 0.225 e. The third-order valence-corrected chi connectivity index (χ3v) is 5.36. The largest absolute Gasteiger partial charge is 0.361 e. The van der Waals surface area contributed by atoms with Gasteiger partial charge in [-0.25, -0.2) is 0 Å². The highest BCUT2D eigenvalue weighted by Gasteiger charge is 2.22. The van der Waals surface area contributed by atoms with E-state index in [1.165, 1.54) is 16.5 Å². The zero-order valence-electron chi connectivity index (χ0n) is 14.9. The standard InChI is InChI=1S/C22H25N3O/c26-22(24-18-6-2-1-3-7-18)12-15-25-13-10-17(11-14-25)20-16-23-21-9-5-4-8-19(20)21/h1-9,16-17,23H,10-15H2,(H,24,26). The molecule has 4 rings (SSSR count). The van der Waals surface area contributed by atoms with Crippen molar-refractivity contribution in [1.82, 2.24) is 9.88 Å². The molecule has 0 saturated carbocycles. The van der Waals surface area contributed by atoms with Crippen molar-refractivity contribution in [3.63, 3.8) is 0 Å². The van der Waals surface area contributed by atoms with Crippen LogP contribution in [-0.2, 0) is 4.79 Å². The van der Waals surface area contributed by atoms with Crippen LogP contribution in [0.5, 0.6) is 0 Å². The molecule has 2 heterocycles. The number of amides is 1. The summed E-state index contributed by atoms with van der Waals surface area (Å²) in [4.78, 5) is 17.9. The lowest BCUT2D eigenvalue weighted by atomic mass is 9.89. The first-order chi connectivity index (χ1) is 12.8. The minimum atomic E-state index is 0.0925. The molecule has 1 fully saturated rings. The average molecular weight is 347 g/mol. The van der Waals surface area contributed by atoms with E-state index in [1.54, 1.807) is 0 Å². The minimum Gasteiger partial charge on any atom is -0.361 e. The number of nitrogens with one attached hydrogen (secondary N) is 2. The number of aromatic amines is 1. The lowest BCUT2D eigenvalue weighted by Gasteiger charge is -2.31. The van der Waals surface area contributed by atoms with Gasteiger partial charge in [-0.3, -0.25) is 4.79 Å². The summed E-state index contributed by atoms with van der Waals surface area (Å²) in [6.45, 7) is 2.95. The fraction of sp³-hybridized carbons (Fsp3) is 0.318. The lowest BCUT2D eigenvalue weighted by molar-refractivity contribution is -0.116. The van der Waals surface area contributed by atoms with E-state index in [0.29, 0.717) is 12.3 Å². The van der Waals surface area contributed by atoms with Crippen LogP contribution >= 0.6 is 0 Å². The summed E-state index contributed by atoms with van der Waals surface area (Å²) in [6.07, 6.45) is 5.04. The number of hydrogen-bond acceptors (Lipinski definition) is 2. The zero-order chi connectivity index (χ0) is 17.8. The second-order valence-corrected chi connectivity index (χ2v) is 7.07. The molecule has 0 unspecified atom stereocenters. The van der Waals surface area contributed by atoms with E-state index in [9.17, 15) is 4.79 Å². The van der Waals surface area contributed by atoms with Gasteiger partial charge in [-0.15, -0.1) is 0 Å². The number of nitrogens with zero attached hydrogens (tertiary/aromatic N) is 1. The highest BCUT2D eigenvalue weighted by atomic mass is 16.1. The lowest BCUT2D eigenvalue weighted by Crippen LogP contribution is -2.35. The van der Waals surface area contributed by atoms with Gasteiger partial charge in [0.25, 0.3) is 0 Å². The first kappa shape index (κ1) is 16.9. The fourth-order valence-electron chi connectivity index (χ4n) is 3.90. The molecular formula is C22H25N3O. The Morgan fingerprint density at radius 2 is 1.77 bits per heavy atom. The van der Waals surface area contributed by atoms with Crippen molar-refractivity contribution in [3.05, 3.63) is 66.4 Å². The Labute approximate surface area is 154 Å². The van der Waals surface area contributed by atoms with Crippen LogP contribution in [0.4, 0.5) is 5.69 Å². The van der Waals surface area contributed by atoms with Gasteiger partial charge in [0.05, 0.1) is 0 Å². The van der Waals surface area contributed by atoms with Gasteiger partial charge in [-0.2, -0.15) is 0 Å². The number of benzene rings is 2. The SMILES string of the molecule is O=C(CCN1CCC(c2c[nH]c3ccccc23)CC1)Nc1ccccc1. The quantitative estimate of drug-likeness (QED) is 0.720. The number of para-hydroxylation sites is 2. The van der Waals surface area contributed by atoms with E-state index in [1.807, 2.05) is 30.3 Å². The topological polar surface area (TPSA) is 48.1 Å². The Balaban J connectivity index is 1.27. The molecule has 1 saturated heterocycles. The Morgan fingerprint density at radius 3 is 2.58 bits per heavy atom. The summed E-state index contributed by atoms with van der Waals surface area (Å²) < 4.78 is 0. The van der Waals surface area contributed by atoms with Gasteiger partial charge in [0, 0.05) is 35.8 Å². The smallest absolute Gasteiger partial charge is 0.225 e. The van der Waals surface area contributed by atoms with Crippen molar-refractivity contribution in [2.24, 2.45) is 0 Å². The molecule has 4 nitrogen and oxygen atoms in total. The Morgan fingerprint density at radius 1 is 1.04 bits per heavy atom. The average Bonchev–Trinajstić information content (AvgIpc) is 3.12. The van der Waals surface area contributed by atoms with Crippen molar-refractivity contribution >= 4 is 22.5 Å². The van der Waals surface area contributed by atoms with Gasteiger partial charge in [-0.1, -0.05) is 36.4 Å². The van der Waals surface area contributed by atoms with Crippen molar-refractivity contribution < 1.29 is 4.79 Å². The number of aromatic nitrogens is 1. The van der Waals surface area contributed by atoms with Gasteiger partial charge in [0.2, 0.25) is 5.91 Å². The molecule has 2 N–H and O–H groups in total. The third kappa shape index (κ3) is 3.81. The monoisotopic (exact) mass is 347 g/mol. The van der Waals surface area contributed by atoms with Crippen LogP contribution in [-0.4, -0.2) is 35.4 Å². The summed E-state index contributed by atoms with van der Waals surface area (Å²) in [5, 5.41) is 4.32. The van der Waals surface area contributed by atoms with Gasteiger partial charge >= 0.3 is 0 Å². The Kier molecular flexibility index (Phi) is 5.02. The highest BCUT2D eigenvalue weighted by Crippen LogP contribution is 2.33. The molecule has 0 bridgehead atoms. The number of likely N-dealkylation sites (tertiary alicyclic amines) is 1. The second-order valence-electron chi connectivity index (χ2n) is 7.07. The normalized spacial score (nSPS) is 16.0. The van der Waals surface area contributed by atoms with Gasteiger partial charge < -0.3 is 15.2 Å².